The van der Waals surface area contributed by atoms with Crippen molar-refractivity contribution in [3.63, 3.8) is 0 Å². The molecule has 2 amide bonds. The number of hydrogen-bond acceptors (Lipinski definition) is 6. The molecule has 0 spiro atoms. The average Bonchev–Trinajstić information content (AvgIpc) is 3.26. The van der Waals surface area contributed by atoms with Gasteiger partial charge in [0, 0.05) is 23.2 Å². The molecule has 0 saturated heterocycles. The van der Waals surface area contributed by atoms with Crippen LogP contribution in [-0.4, -0.2) is 35.4 Å². The van der Waals surface area contributed by atoms with Gasteiger partial charge >= 0.3 is 0 Å². The first-order valence-corrected chi connectivity index (χ1v) is 14.7. The SMILES string of the molecule is COc1ccc(C(=O)Nc2cccc(SC(C(=O)Nc3c(C)n(C)n(-c4ccccc4)c3=O)c3ccccc3)c2)cc1OC. The Hall–Kier alpha value is -5.22. The van der Waals surface area contributed by atoms with Gasteiger partial charge in [-0.3, -0.25) is 19.1 Å². The Morgan fingerprint density at radius 1 is 0.795 bits per heavy atom. The number of anilines is 2. The van der Waals surface area contributed by atoms with Gasteiger partial charge in [0.1, 0.15) is 10.9 Å². The normalized spacial score (nSPS) is 11.5. The number of ether oxygens (including phenoxy) is 2. The van der Waals surface area contributed by atoms with Crippen LogP contribution in [0.5, 0.6) is 11.5 Å². The van der Waals surface area contributed by atoms with Gasteiger partial charge in [0.25, 0.3) is 11.5 Å². The summed E-state index contributed by atoms with van der Waals surface area (Å²) in [6, 6.07) is 30.8. The van der Waals surface area contributed by atoms with Crippen LogP contribution in [0.25, 0.3) is 5.69 Å². The highest BCUT2D eigenvalue weighted by Gasteiger charge is 2.26. The number of thioether (sulfide) groups is 1. The third-order valence-electron chi connectivity index (χ3n) is 7.13. The average molecular weight is 609 g/mol. The van der Waals surface area contributed by atoms with E-state index in [2.05, 4.69) is 10.6 Å². The number of hydrogen-bond donors (Lipinski definition) is 2. The largest absolute Gasteiger partial charge is 0.493 e. The van der Waals surface area contributed by atoms with Crippen molar-refractivity contribution in [3.8, 4) is 17.2 Å². The fraction of sp³-hybridized carbons (Fsp3) is 0.147. The lowest BCUT2D eigenvalue weighted by molar-refractivity contribution is -0.115. The molecule has 5 aromatic rings. The van der Waals surface area contributed by atoms with Crippen LogP contribution in [-0.2, 0) is 11.8 Å². The number of para-hydroxylation sites is 1. The van der Waals surface area contributed by atoms with E-state index in [9.17, 15) is 14.4 Å². The molecule has 0 radical (unpaired) electrons. The van der Waals surface area contributed by atoms with Crippen molar-refractivity contribution in [2.45, 2.75) is 17.1 Å². The topological polar surface area (TPSA) is 104 Å². The number of aromatic nitrogens is 2. The molecule has 0 aliphatic heterocycles. The summed E-state index contributed by atoms with van der Waals surface area (Å²) in [6.07, 6.45) is 0. The number of amides is 2. The van der Waals surface area contributed by atoms with Gasteiger partial charge in [0.2, 0.25) is 5.91 Å². The summed E-state index contributed by atoms with van der Waals surface area (Å²) in [5, 5.41) is 5.14. The Bertz CT molecular complexity index is 1850. The monoisotopic (exact) mass is 608 g/mol. The lowest BCUT2D eigenvalue weighted by atomic mass is 10.1. The number of benzene rings is 4. The van der Waals surface area contributed by atoms with Crippen LogP contribution in [0.4, 0.5) is 11.4 Å². The molecule has 0 aliphatic rings. The van der Waals surface area contributed by atoms with E-state index >= 15 is 0 Å². The Morgan fingerprint density at radius 3 is 2.16 bits per heavy atom. The van der Waals surface area contributed by atoms with Crippen LogP contribution < -0.4 is 25.7 Å². The first-order valence-electron chi connectivity index (χ1n) is 13.8. The number of rotatable bonds is 10. The Kier molecular flexibility index (Phi) is 9.20. The van der Waals surface area contributed by atoms with E-state index in [1.54, 1.807) is 42.9 Å². The molecule has 4 aromatic carbocycles. The zero-order valence-electron chi connectivity index (χ0n) is 24.7. The van der Waals surface area contributed by atoms with Crippen LogP contribution in [0, 0.1) is 6.92 Å². The van der Waals surface area contributed by atoms with Gasteiger partial charge in [-0.2, -0.15) is 0 Å². The van der Waals surface area contributed by atoms with E-state index in [4.69, 9.17) is 9.47 Å². The van der Waals surface area contributed by atoms with E-state index in [0.29, 0.717) is 34.1 Å². The van der Waals surface area contributed by atoms with E-state index in [0.717, 1.165) is 10.5 Å². The molecule has 0 bridgehead atoms. The van der Waals surface area contributed by atoms with Crippen molar-refractivity contribution in [1.82, 2.24) is 9.36 Å². The van der Waals surface area contributed by atoms with Crippen molar-refractivity contribution < 1.29 is 19.1 Å². The number of carbonyl (C=O) groups is 2. The van der Waals surface area contributed by atoms with Crippen molar-refractivity contribution in [2.75, 3.05) is 24.9 Å². The van der Waals surface area contributed by atoms with Crippen molar-refractivity contribution in [2.24, 2.45) is 7.05 Å². The van der Waals surface area contributed by atoms with Crippen molar-refractivity contribution in [3.05, 3.63) is 130 Å². The Labute approximate surface area is 259 Å². The zero-order valence-corrected chi connectivity index (χ0v) is 25.6. The molecule has 1 heterocycles. The number of methoxy groups -OCH3 is 2. The van der Waals surface area contributed by atoms with E-state index in [-0.39, 0.29) is 23.1 Å². The summed E-state index contributed by atoms with van der Waals surface area (Å²) < 4.78 is 13.8. The maximum Gasteiger partial charge on any atom is 0.295 e. The lowest BCUT2D eigenvalue weighted by Crippen LogP contribution is -2.25. The second kappa shape index (κ2) is 13.4. The predicted octanol–water partition coefficient (Wildman–Crippen LogP) is 6.23. The summed E-state index contributed by atoms with van der Waals surface area (Å²) in [6.45, 7) is 1.80. The van der Waals surface area contributed by atoms with Gasteiger partial charge in [0.05, 0.1) is 25.6 Å². The minimum atomic E-state index is -0.683. The minimum absolute atomic E-state index is 0.221. The number of nitrogens with zero attached hydrogens (tertiary/aromatic N) is 2. The van der Waals surface area contributed by atoms with Gasteiger partial charge in [-0.05, 0) is 61.0 Å². The van der Waals surface area contributed by atoms with E-state index < -0.39 is 5.25 Å². The molecule has 224 valence electrons. The molecular formula is C34H32N4O5S. The minimum Gasteiger partial charge on any atom is -0.493 e. The van der Waals surface area contributed by atoms with Gasteiger partial charge in [-0.15, -0.1) is 11.8 Å². The maximum atomic E-state index is 13.9. The highest BCUT2D eigenvalue weighted by molar-refractivity contribution is 8.00. The van der Waals surface area contributed by atoms with Gasteiger partial charge in [0.15, 0.2) is 11.5 Å². The molecule has 10 heteroatoms. The molecular weight excluding hydrogens is 576 g/mol. The predicted molar refractivity (Wildman–Crippen MR) is 173 cm³/mol. The van der Waals surface area contributed by atoms with Crippen LogP contribution in [0.3, 0.4) is 0 Å². The summed E-state index contributed by atoms with van der Waals surface area (Å²) >= 11 is 1.32. The Balaban J connectivity index is 1.40. The smallest absolute Gasteiger partial charge is 0.295 e. The molecule has 5 rings (SSSR count). The van der Waals surface area contributed by atoms with Crippen LogP contribution in [0.1, 0.15) is 26.9 Å². The maximum absolute atomic E-state index is 13.9. The molecule has 9 nitrogen and oxygen atoms in total. The number of carbonyl (C=O) groups excluding carboxylic acids is 2. The summed E-state index contributed by atoms with van der Waals surface area (Å²) in [4.78, 5) is 41.1. The van der Waals surface area contributed by atoms with Crippen molar-refractivity contribution in [1.29, 1.82) is 0 Å². The molecule has 0 fully saturated rings. The van der Waals surface area contributed by atoms with Crippen LogP contribution in [0.15, 0.2) is 113 Å². The summed E-state index contributed by atoms with van der Waals surface area (Å²) in [7, 11) is 4.83. The number of nitrogens with one attached hydrogen (secondary N) is 2. The lowest BCUT2D eigenvalue weighted by Gasteiger charge is -2.17. The third kappa shape index (κ3) is 6.40. The highest BCUT2D eigenvalue weighted by Crippen LogP contribution is 2.37. The van der Waals surface area contributed by atoms with Gasteiger partial charge < -0.3 is 20.1 Å². The molecule has 1 unspecified atom stereocenters. The molecule has 1 atom stereocenters. The molecule has 2 N–H and O–H groups in total. The molecule has 0 saturated carbocycles. The van der Waals surface area contributed by atoms with Crippen LogP contribution in [0.2, 0.25) is 0 Å². The van der Waals surface area contributed by atoms with E-state index in [1.165, 1.54) is 30.7 Å². The zero-order chi connectivity index (χ0) is 31.2. The quantitative estimate of drug-likeness (QED) is 0.182. The standard InChI is InChI=1S/C34H32N4O5S/c1-22-30(34(41)38(37(22)2)26-15-9-6-10-16-26)36-33(40)31(23-12-7-5-8-13-23)44-27-17-11-14-25(21-27)35-32(39)24-18-19-28(42-3)29(20-24)43-4/h5-21,31H,1-4H3,(H,35,39)(H,36,40). The summed E-state index contributed by atoms with van der Waals surface area (Å²) in [5.74, 6) is 0.314. The third-order valence-corrected chi connectivity index (χ3v) is 8.38. The molecule has 0 aliphatic carbocycles. The van der Waals surface area contributed by atoms with Crippen LogP contribution >= 0.6 is 11.8 Å². The second-order valence-corrected chi connectivity index (χ2v) is 11.1. The fourth-order valence-electron chi connectivity index (χ4n) is 4.77. The van der Waals surface area contributed by atoms with Crippen molar-refractivity contribution >= 4 is 35.0 Å². The summed E-state index contributed by atoms with van der Waals surface area (Å²) in [5.41, 5.74) is 2.97. The highest BCUT2D eigenvalue weighted by atomic mass is 32.2. The first-order chi connectivity index (χ1) is 21.3. The second-order valence-electron chi connectivity index (χ2n) is 9.89. The molecule has 1 aromatic heterocycles. The van der Waals surface area contributed by atoms with Gasteiger partial charge in [-0.1, -0.05) is 54.6 Å². The van der Waals surface area contributed by atoms with Gasteiger partial charge in [-0.25, -0.2) is 4.68 Å². The fourth-order valence-corrected chi connectivity index (χ4v) is 5.85. The Morgan fingerprint density at radius 2 is 1.48 bits per heavy atom. The first kappa shape index (κ1) is 30.2. The molecule has 44 heavy (non-hydrogen) atoms. The van der Waals surface area contributed by atoms with E-state index in [1.807, 2.05) is 78.9 Å².